The van der Waals surface area contributed by atoms with Crippen molar-refractivity contribution in [1.82, 2.24) is 5.32 Å². The van der Waals surface area contributed by atoms with Crippen LogP contribution in [-0.4, -0.2) is 17.6 Å². The van der Waals surface area contributed by atoms with Crippen LogP contribution in [0, 0.1) is 25.2 Å². The van der Waals surface area contributed by atoms with Crippen LogP contribution in [0.1, 0.15) is 29.0 Å². The maximum atomic E-state index is 12.5. The molecule has 8 heteroatoms. The van der Waals surface area contributed by atoms with Crippen molar-refractivity contribution in [2.45, 2.75) is 26.2 Å². The zero-order chi connectivity index (χ0) is 21.8. The van der Waals surface area contributed by atoms with Crippen LogP contribution in [0.25, 0.3) is 0 Å². The number of hydrogen-bond acceptors (Lipinski definition) is 4. The van der Waals surface area contributed by atoms with E-state index in [0.717, 1.165) is 28.6 Å². The first kappa shape index (κ1) is 22.2. The van der Waals surface area contributed by atoms with Crippen molar-refractivity contribution in [3.8, 4) is 6.07 Å². The number of hydrogen-bond donors (Lipinski definition) is 2. The molecule has 2 aromatic carbocycles. The summed E-state index contributed by atoms with van der Waals surface area (Å²) in [6, 6.07) is 13.0. The van der Waals surface area contributed by atoms with Gasteiger partial charge in [0.15, 0.2) is 0 Å². The third kappa shape index (κ3) is 5.17. The molecule has 0 fully saturated rings. The van der Waals surface area contributed by atoms with Crippen LogP contribution < -0.4 is 10.6 Å². The molecule has 0 saturated heterocycles. The van der Waals surface area contributed by atoms with Crippen LogP contribution in [0.2, 0.25) is 10.0 Å². The van der Waals surface area contributed by atoms with E-state index in [0.29, 0.717) is 26.2 Å². The molecule has 1 aliphatic heterocycles. The Labute approximate surface area is 189 Å². The summed E-state index contributed by atoms with van der Waals surface area (Å²) >= 11 is 13.4. The Kier molecular flexibility index (Phi) is 7.09. The number of halogens is 2. The third-order valence-electron chi connectivity index (χ3n) is 4.71. The molecule has 0 aliphatic carbocycles. The zero-order valence-corrected chi connectivity index (χ0v) is 18.7. The summed E-state index contributed by atoms with van der Waals surface area (Å²) in [5.41, 5.74) is 3.78. The van der Waals surface area contributed by atoms with E-state index in [-0.39, 0.29) is 24.0 Å². The van der Waals surface area contributed by atoms with Crippen molar-refractivity contribution in [3.63, 3.8) is 0 Å². The fourth-order valence-electron chi connectivity index (χ4n) is 3.18. The second-order valence-corrected chi connectivity index (χ2v) is 8.81. The number of carbonyl (C=O) groups excluding carboxylic acids is 2. The lowest BCUT2D eigenvalue weighted by Crippen LogP contribution is -2.31. The summed E-state index contributed by atoms with van der Waals surface area (Å²) in [4.78, 5) is 24.7. The number of thioether (sulfide) groups is 1. The summed E-state index contributed by atoms with van der Waals surface area (Å²) < 4.78 is 0. The highest BCUT2D eigenvalue weighted by Crippen LogP contribution is 2.39. The van der Waals surface area contributed by atoms with Gasteiger partial charge in [0, 0.05) is 28.1 Å². The number of aryl methyl sites for hydroxylation is 2. The number of carbonyl (C=O) groups is 2. The number of nitriles is 1. The van der Waals surface area contributed by atoms with Crippen molar-refractivity contribution < 1.29 is 9.59 Å². The first-order chi connectivity index (χ1) is 14.3. The summed E-state index contributed by atoms with van der Waals surface area (Å²) in [7, 11) is 0. The number of rotatable bonds is 5. The number of allylic oxidation sites excluding steroid dienone is 1. The van der Waals surface area contributed by atoms with Crippen molar-refractivity contribution in [2.75, 3.05) is 11.1 Å². The van der Waals surface area contributed by atoms with Crippen molar-refractivity contribution >= 4 is 52.5 Å². The maximum Gasteiger partial charge on any atom is 0.234 e. The third-order valence-corrected chi connectivity index (χ3v) is 6.29. The van der Waals surface area contributed by atoms with Gasteiger partial charge in [-0.2, -0.15) is 5.26 Å². The predicted molar refractivity (Wildman–Crippen MR) is 122 cm³/mol. The number of anilines is 1. The van der Waals surface area contributed by atoms with Gasteiger partial charge >= 0.3 is 0 Å². The summed E-state index contributed by atoms with van der Waals surface area (Å²) in [5, 5.41) is 16.6. The summed E-state index contributed by atoms with van der Waals surface area (Å²) in [6.07, 6.45) is 0.100. The molecule has 0 unspecified atom stereocenters. The lowest BCUT2D eigenvalue weighted by Gasteiger charge is -2.25. The first-order valence-electron chi connectivity index (χ1n) is 9.17. The SMILES string of the molecule is Cc1ccc(C)c(NC(=O)CSC2=C(C#N)[C@H](c3ccc(Cl)cc3Cl)CC(=O)N2)c1. The first-order valence-corrected chi connectivity index (χ1v) is 10.9. The number of nitrogens with one attached hydrogen (secondary N) is 2. The second kappa shape index (κ2) is 9.57. The smallest absolute Gasteiger partial charge is 0.234 e. The molecule has 0 radical (unpaired) electrons. The van der Waals surface area contributed by atoms with E-state index in [1.165, 1.54) is 0 Å². The van der Waals surface area contributed by atoms with Crippen LogP contribution in [0.5, 0.6) is 0 Å². The molecule has 3 rings (SSSR count). The topological polar surface area (TPSA) is 82.0 Å². The quantitative estimate of drug-likeness (QED) is 0.633. The van der Waals surface area contributed by atoms with E-state index in [9.17, 15) is 14.9 Å². The van der Waals surface area contributed by atoms with Gasteiger partial charge < -0.3 is 10.6 Å². The standard InChI is InChI=1S/C22H19Cl2N3O2S/c1-12-3-4-13(2)19(7-12)26-21(29)11-30-22-17(10-25)16(9-20(28)27-22)15-6-5-14(23)8-18(15)24/h3-8,16H,9,11H2,1-2H3,(H,26,29)(H,27,28)/t16-/m0/s1. The van der Waals surface area contributed by atoms with E-state index in [1.54, 1.807) is 18.2 Å². The molecule has 5 nitrogen and oxygen atoms in total. The van der Waals surface area contributed by atoms with Crippen LogP contribution in [0.4, 0.5) is 5.69 Å². The van der Waals surface area contributed by atoms with E-state index >= 15 is 0 Å². The van der Waals surface area contributed by atoms with Crippen molar-refractivity contribution in [3.05, 3.63) is 73.7 Å². The molecule has 154 valence electrons. The number of nitrogens with zero attached hydrogens (tertiary/aromatic N) is 1. The highest BCUT2D eigenvalue weighted by Gasteiger charge is 2.31. The van der Waals surface area contributed by atoms with Crippen LogP contribution in [0.3, 0.4) is 0 Å². The average Bonchev–Trinajstić information content (AvgIpc) is 2.69. The van der Waals surface area contributed by atoms with Crippen LogP contribution in [0.15, 0.2) is 47.0 Å². The lowest BCUT2D eigenvalue weighted by atomic mass is 9.87. The molecule has 2 amide bonds. The minimum atomic E-state index is -0.488. The Morgan fingerprint density at radius 3 is 2.73 bits per heavy atom. The Hall–Kier alpha value is -2.46. The predicted octanol–water partition coefficient (Wildman–Crippen LogP) is 5.32. The largest absolute Gasteiger partial charge is 0.325 e. The molecule has 2 N–H and O–H groups in total. The van der Waals surface area contributed by atoms with Crippen molar-refractivity contribution in [2.24, 2.45) is 0 Å². The van der Waals surface area contributed by atoms with E-state index in [2.05, 4.69) is 16.7 Å². The van der Waals surface area contributed by atoms with Gasteiger partial charge in [-0.25, -0.2) is 0 Å². The molecule has 2 aromatic rings. The van der Waals surface area contributed by atoms with E-state index < -0.39 is 5.92 Å². The summed E-state index contributed by atoms with van der Waals surface area (Å²) in [5.74, 6) is -0.894. The molecule has 1 aliphatic rings. The van der Waals surface area contributed by atoms with Crippen LogP contribution in [-0.2, 0) is 9.59 Å². The maximum absolute atomic E-state index is 12.5. The van der Waals surface area contributed by atoms with Crippen molar-refractivity contribution in [1.29, 1.82) is 5.26 Å². The minimum Gasteiger partial charge on any atom is -0.325 e. The molecule has 0 aromatic heterocycles. The molecule has 30 heavy (non-hydrogen) atoms. The Balaban J connectivity index is 1.80. The van der Waals surface area contributed by atoms with Gasteiger partial charge in [-0.05, 0) is 48.7 Å². The molecule has 1 heterocycles. The highest BCUT2D eigenvalue weighted by molar-refractivity contribution is 8.03. The average molecular weight is 460 g/mol. The molecule has 0 bridgehead atoms. The summed E-state index contributed by atoms with van der Waals surface area (Å²) in [6.45, 7) is 3.87. The lowest BCUT2D eigenvalue weighted by molar-refractivity contribution is -0.121. The minimum absolute atomic E-state index is 0.0508. The van der Waals surface area contributed by atoms with Gasteiger partial charge in [0.1, 0.15) is 0 Å². The fraction of sp³-hybridized carbons (Fsp3) is 0.227. The van der Waals surface area contributed by atoms with Gasteiger partial charge in [0.05, 0.1) is 22.4 Å². The fourth-order valence-corrected chi connectivity index (χ4v) is 4.59. The van der Waals surface area contributed by atoms with Gasteiger partial charge in [-0.15, -0.1) is 0 Å². The van der Waals surface area contributed by atoms with Gasteiger partial charge in [-0.1, -0.05) is 53.2 Å². The van der Waals surface area contributed by atoms with Crippen LogP contribution >= 0.6 is 35.0 Å². The van der Waals surface area contributed by atoms with Gasteiger partial charge in [-0.3, -0.25) is 9.59 Å². The molecular formula is C22H19Cl2N3O2S. The number of benzene rings is 2. The number of amides is 2. The second-order valence-electron chi connectivity index (χ2n) is 6.98. The van der Waals surface area contributed by atoms with E-state index in [4.69, 9.17) is 23.2 Å². The van der Waals surface area contributed by atoms with Gasteiger partial charge in [0.2, 0.25) is 11.8 Å². The Bertz CT molecular complexity index is 1090. The normalized spacial score (nSPS) is 16.1. The molecule has 0 saturated carbocycles. The Morgan fingerprint density at radius 1 is 1.27 bits per heavy atom. The molecule has 0 spiro atoms. The monoisotopic (exact) mass is 459 g/mol. The molecular weight excluding hydrogens is 441 g/mol. The van der Waals surface area contributed by atoms with E-state index in [1.807, 2.05) is 32.0 Å². The zero-order valence-electron chi connectivity index (χ0n) is 16.4. The van der Waals surface area contributed by atoms with Gasteiger partial charge in [0.25, 0.3) is 0 Å². The molecule has 1 atom stereocenters. The Morgan fingerprint density at radius 2 is 2.03 bits per heavy atom. The highest BCUT2D eigenvalue weighted by atomic mass is 35.5.